The van der Waals surface area contributed by atoms with Crippen molar-refractivity contribution in [3.63, 3.8) is 0 Å². The van der Waals surface area contributed by atoms with Crippen LogP contribution in [0.15, 0.2) is 173 Å². The average molecular weight is 699 g/mol. The smallest absolute Gasteiger partial charge is 0.135 e. The third-order valence-electron chi connectivity index (χ3n) is 10.5. The lowest BCUT2D eigenvalue weighted by Crippen LogP contribution is -2.13. The predicted molar refractivity (Wildman–Crippen MR) is 226 cm³/mol. The van der Waals surface area contributed by atoms with Crippen molar-refractivity contribution in [3.8, 4) is 33.4 Å². The lowest BCUT2D eigenvalue weighted by Gasteiger charge is -2.11. The number of fused-ring (bicyclic) bond motifs is 9. The molecule has 1 aliphatic carbocycles. The lowest BCUT2D eigenvalue weighted by atomic mass is 9.92. The molecule has 0 atom stereocenters. The number of rotatable bonds is 4. The maximum atomic E-state index is 6.18. The van der Waals surface area contributed by atoms with Gasteiger partial charge in [-0.3, -0.25) is 4.99 Å². The Kier molecular flexibility index (Phi) is 7.45. The molecule has 0 aliphatic heterocycles. The van der Waals surface area contributed by atoms with E-state index >= 15 is 0 Å². The highest BCUT2D eigenvalue weighted by Gasteiger charge is 2.24. The minimum Gasteiger partial charge on any atom is -0.456 e. The summed E-state index contributed by atoms with van der Waals surface area (Å²) in [4.78, 5) is 4.52. The standard InChI is InChI=1S/C29H18O.C20H16N2S/c1-17-6-2-13-26-27(17)24-16-19(14-15-25(24)30-26)20-9-5-11-22-21-10-3-7-18-8-4-12-23(28(18)21)29(20)22;21-20(22-13-14-6-2-1-3-7-14)15-10-11-17-16-8-4-5-9-18(16)23-19(17)12-15/h2-16H,1H3;1-12H,13H2,(H2,21,22). The molecule has 0 saturated carbocycles. The molecule has 4 heteroatoms. The van der Waals surface area contributed by atoms with Crippen LogP contribution in [0.4, 0.5) is 0 Å². The summed E-state index contributed by atoms with van der Waals surface area (Å²) >= 11 is 1.80. The Labute approximate surface area is 311 Å². The number of aliphatic imine (C=N–C) groups is 1. The van der Waals surface area contributed by atoms with Gasteiger partial charge in [0.25, 0.3) is 0 Å². The highest BCUT2D eigenvalue weighted by molar-refractivity contribution is 7.25. The van der Waals surface area contributed by atoms with Crippen molar-refractivity contribution in [3.05, 3.63) is 180 Å². The quantitative estimate of drug-likeness (QED) is 0.147. The van der Waals surface area contributed by atoms with E-state index in [2.05, 4.69) is 158 Å². The molecule has 0 bridgehead atoms. The minimum atomic E-state index is 0.591. The maximum Gasteiger partial charge on any atom is 0.135 e. The molecule has 2 aromatic heterocycles. The number of hydrogen-bond donors (Lipinski definition) is 1. The first-order valence-corrected chi connectivity index (χ1v) is 18.8. The first-order valence-electron chi connectivity index (χ1n) is 17.9. The number of aryl methyl sites for hydroxylation is 1. The van der Waals surface area contributed by atoms with Crippen LogP contribution in [-0.2, 0) is 6.54 Å². The second-order valence-corrected chi connectivity index (χ2v) is 14.8. The van der Waals surface area contributed by atoms with Crippen molar-refractivity contribution >= 4 is 70.1 Å². The molecule has 2 N–H and O–H groups in total. The van der Waals surface area contributed by atoms with Gasteiger partial charge in [0.2, 0.25) is 0 Å². The van der Waals surface area contributed by atoms with Crippen molar-refractivity contribution in [2.45, 2.75) is 13.5 Å². The highest BCUT2D eigenvalue weighted by Crippen LogP contribution is 2.51. The molecule has 53 heavy (non-hydrogen) atoms. The molecule has 2 heterocycles. The number of hydrogen-bond acceptors (Lipinski definition) is 3. The van der Waals surface area contributed by atoms with Gasteiger partial charge in [-0.1, -0.05) is 133 Å². The minimum absolute atomic E-state index is 0.591. The van der Waals surface area contributed by atoms with Gasteiger partial charge in [0.1, 0.15) is 17.0 Å². The SMILES string of the molecule is Cc1cccc2oc3ccc(-c4cccc5c4-c4cccc6cccc-5c46)cc3c12.NC(=NCc1ccccc1)c1ccc2c(c1)sc1ccccc12. The summed E-state index contributed by atoms with van der Waals surface area (Å²) in [7, 11) is 0. The Morgan fingerprint density at radius 1 is 0.566 bits per heavy atom. The third kappa shape index (κ3) is 5.30. The molecule has 0 amide bonds. The molecule has 0 saturated heterocycles. The number of nitrogens with zero attached hydrogens (tertiary/aromatic N) is 1. The zero-order valence-electron chi connectivity index (χ0n) is 29.1. The summed E-state index contributed by atoms with van der Waals surface area (Å²) in [6, 6.07) is 57.8. The molecule has 11 rings (SSSR count). The van der Waals surface area contributed by atoms with E-state index in [-0.39, 0.29) is 0 Å². The zero-order chi connectivity index (χ0) is 35.5. The molecule has 0 fully saturated rings. The summed E-state index contributed by atoms with van der Waals surface area (Å²) in [6.07, 6.45) is 0. The van der Waals surface area contributed by atoms with Gasteiger partial charge in [0, 0.05) is 36.5 Å². The second kappa shape index (κ2) is 12.6. The monoisotopic (exact) mass is 698 g/mol. The Balaban J connectivity index is 0.000000137. The summed E-state index contributed by atoms with van der Waals surface area (Å²) < 4.78 is 8.67. The van der Waals surface area contributed by atoms with Crippen molar-refractivity contribution in [2.24, 2.45) is 10.7 Å². The Bertz CT molecular complexity index is 3050. The molecule has 0 radical (unpaired) electrons. The summed E-state index contributed by atoms with van der Waals surface area (Å²) in [5.41, 5.74) is 19.3. The van der Waals surface area contributed by atoms with E-state index in [9.17, 15) is 0 Å². The zero-order valence-corrected chi connectivity index (χ0v) is 30.0. The predicted octanol–water partition coefficient (Wildman–Crippen LogP) is 13.3. The summed E-state index contributed by atoms with van der Waals surface area (Å²) in [5, 5.41) is 7.66. The number of amidine groups is 1. The van der Waals surface area contributed by atoms with Crippen molar-refractivity contribution < 1.29 is 4.42 Å². The van der Waals surface area contributed by atoms with Crippen LogP contribution in [0.3, 0.4) is 0 Å². The Hall–Kier alpha value is -6.49. The molecule has 0 spiro atoms. The van der Waals surface area contributed by atoms with Crippen LogP contribution >= 0.6 is 11.3 Å². The molecular formula is C49H34N2OS. The van der Waals surface area contributed by atoms with Crippen LogP contribution in [0.5, 0.6) is 0 Å². The number of nitrogens with two attached hydrogens (primary N) is 1. The van der Waals surface area contributed by atoms with Crippen molar-refractivity contribution in [1.82, 2.24) is 0 Å². The number of thiophene rings is 1. The van der Waals surface area contributed by atoms with Crippen molar-refractivity contribution in [1.29, 1.82) is 0 Å². The highest BCUT2D eigenvalue weighted by atomic mass is 32.1. The van der Waals surface area contributed by atoms with E-state index < -0.39 is 0 Å². The Morgan fingerprint density at radius 2 is 1.30 bits per heavy atom. The molecule has 8 aromatic carbocycles. The maximum absolute atomic E-state index is 6.18. The van der Waals surface area contributed by atoms with Gasteiger partial charge in [-0.15, -0.1) is 11.3 Å². The fraction of sp³-hybridized carbons (Fsp3) is 0.0408. The van der Waals surface area contributed by atoms with Crippen LogP contribution in [-0.4, -0.2) is 5.84 Å². The van der Waals surface area contributed by atoms with Gasteiger partial charge < -0.3 is 10.2 Å². The molecule has 3 nitrogen and oxygen atoms in total. The third-order valence-corrected chi connectivity index (χ3v) is 11.6. The lowest BCUT2D eigenvalue weighted by molar-refractivity contribution is 0.669. The summed E-state index contributed by atoms with van der Waals surface area (Å²) in [5.74, 6) is 0.591. The van der Waals surface area contributed by atoms with Gasteiger partial charge in [0.15, 0.2) is 0 Å². The van der Waals surface area contributed by atoms with Gasteiger partial charge in [-0.2, -0.15) is 0 Å². The molecule has 252 valence electrons. The van der Waals surface area contributed by atoms with Crippen LogP contribution in [0.25, 0.3) is 86.3 Å². The summed E-state index contributed by atoms with van der Waals surface area (Å²) in [6.45, 7) is 2.76. The average Bonchev–Trinajstić information content (AvgIpc) is 3.88. The van der Waals surface area contributed by atoms with Crippen LogP contribution in [0.1, 0.15) is 16.7 Å². The van der Waals surface area contributed by atoms with Gasteiger partial charge >= 0.3 is 0 Å². The normalized spacial score (nSPS) is 12.1. The van der Waals surface area contributed by atoms with Gasteiger partial charge in [0.05, 0.1) is 6.54 Å². The largest absolute Gasteiger partial charge is 0.456 e. The van der Waals surface area contributed by atoms with Crippen LogP contribution in [0.2, 0.25) is 0 Å². The van der Waals surface area contributed by atoms with Crippen molar-refractivity contribution in [2.75, 3.05) is 0 Å². The van der Waals surface area contributed by atoms with Gasteiger partial charge in [-0.25, -0.2) is 0 Å². The fourth-order valence-electron chi connectivity index (χ4n) is 7.99. The van der Waals surface area contributed by atoms with E-state index in [4.69, 9.17) is 10.2 Å². The first-order chi connectivity index (χ1) is 26.1. The molecule has 1 aliphatic rings. The van der Waals surface area contributed by atoms with Gasteiger partial charge in [-0.05, 0) is 92.5 Å². The molecule has 10 aromatic rings. The first kappa shape index (κ1) is 31.3. The Morgan fingerprint density at radius 3 is 2.19 bits per heavy atom. The number of benzene rings is 8. The van der Waals surface area contributed by atoms with E-state index in [1.807, 2.05) is 18.2 Å². The topological polar surface area (TPSA) is 51.5 Å². The van der Waals surface area contributed by atoms with E-state index in [1.54, 1.807) is 11.3 Å². The second-order valence-electron chi connectivity index (χ2n) is 13.7. The van der Waals surface area contributed by atoms with E-state index in [0.717, 1.165) is 16.7 Å². The number of furan rings is 1. The molecular weight excluding hydrogens is 665 g/mol. The van der Waals surface area contributed by atoms with Crippen LogP contribution < -0.4 is 5.73 Å². The van der Waals surface area contributed by atoms with E-state index in [1.165, 1.54) is 86.2 Å². The van der Waals surface area contributed by atoms with Crippen LogP contribution in [0, 0.1) is 6.92 Å². The van der Waals surface area contributed by atoms with E-state index in [0.29, 0.717) is 12.4 Å². The fourth-order valence-corrected chi connectivity index (χ4v) is 9.13. The molecule has 0 unspecified atom stereocenters.